The Labute approximate surface area is 106 Å². The standard InChI is InChI=1S/C14H28O3/c1-6-17-10-14(11(2)3)12(15-4)8-7-9-13(14)16-5/h11-13H,6-10H2,1-5H3. The van der Waals surface area contributed by atoms with Crippen molar-refractivity contribution in [3.8, 4) is 0 Å². The summed E-state index contributed by atoms with van der Waals surface area (Å²) in [5.41, 5.74) is -0.00222. The van der Waals surface area contributed by atoms with Gasteiger partial charge >= 0.3 is 0 Å². The summed E-state index contributed by atoms with van der Waals surface area (Å²) in [6, 6.07) is 0. The number of methoxy groups -OCH3 is 2. The Hall–Kier alpha value is -0.120. The SMILES string of the molecule is CCOCC1(C(C)C)C(OC)CCCC1OC. The first-order valence-corrected chi connectivity index (χ1v) is 6.76. The van der Waals surface area contributed by atoms with E-state index in [2.05, 4.69) is 13.8 Å². The highest BCUT2D eigenvalue weighted by atomic mass is 16.5. The maximum atomic E-state index is 5.74. The quantitative estimate of drug-likeness (QED) is 0.719. The summed E-state index contributed by atoms with van der Waals surface area (Å²) < 4.78 is 17.2. The van der Waals surface area contributed by atoms with E-state index in [1.165, 1.54) is 6.42 Å². The van der Waals surface area contributed by atoms with E-state index in [4.69, 9.17) is 14.2 Å². The highest BCUT2D eigenvalue weighted by Crippen LogP contribution is 2.45. The predicted octanol–water partition coefficient (Wildman–Crippen LogP) is 2.88. The summed E-state index contributed by atoms with van der Waals surface area (Å²) in [7, 11) is 3.62. The Kier molecular flexibility index (Phi) is 5.90. The molecule has 17 heavy (non-hydrogen) atoms. The Morgan fingerprint density at radius 1 is 1.12 bits per heavy atom. The van der Waals surface area contributed by atoms with Crippen LogP contribution in [0, 0.1) is 11.3 Å². The maximum absolute atomic E-state index is 5.74. The molecule has 0 aromatic rings. The van der Waals surface area contributed by atoms with Crippen molar-refractivity contribution in [3.05, 3.63) is 0 Å². The topological polar surface area (TPSA) is 27.7 Å². The number of hydrogen-bond donors (Lipinski definition) is 0. The molecule has 1 fully saturated rings. The monoisotopic (exact) mass is 244 g/mol. The molecule has 2 unspecified atom stereocenters. The average Bonchev–Trinajstić information content (AvgIpc) is 2.35. The third-order valence-electron chi connectivity index (χ3n) is 4.33. The Morgan fingerprint density at radius 2 is 1.65 bits per heavy atom. The molecule has 1 rings (SSSR count). The highest BCUT2D eigenvalue weighted by Gasteiger charge is 2.50. The number of hydrogen-bond acceptors (Lipinski definition) is 3. The molecule has 0 amide bonds. The molecule has 0 aromatic heterocycles. The van der Waals surface area contributed by atoms with Crippen LogP contribution in [0.15, 0.2) is 0 Å². The summed E-state index contributed by atoms with van der Waals surface area (Å²) in [4.78, 5) is 0. The van der Waals surface area contributed by atoms with Crippen molar-refractivity contribution in [2.75, 3.05) is 27.4 Å². The summed E-state index contributed by atoms with van der Waals surface area (Å²) in [6.07, 6.45) is 3.89. The van der Waals surface area contributed by atoms with E-state index in [9.17, 15) is 0 Å². The molecule has 1 aliphatic rings. The molecule has 0 radical (unpaired) electrons. The first-order valence-electron chi connectivity index (χ1n) is 6.76. The van der Waals surface area contributed by atoms with Crippen LogP contribution in [0.2, 0.25) is 0 Å². The lowest BCUT2D eigenvalue weighted by Crippen LogP contribution is -2.56. The van der Waals surface area contributed by atoms with Gasteiger partial charge < -0.3 is 14.2 Å². The van der Waals surface area contributed by atoms with Crippen molar-refractivity contribution in [1.29, 1.82) is 0 Å². The zero-order chi connectivity index (χ0) is 12.9. The van der Waals surface area contributed by atoms with Gasteiger partial charge in [-0.3, -0.25) is 0 Å². The van der Waals surface area contributed by atoms with Gasteiger partial charge in [0, 0.05) is 26.2 Å². The first-order chi connectivity index (χ1) is 8.13. The third kappa shape index (κ3) is 2.83. The second-order valence-electron chi connectivity index (χ2n) is 5.28. The van der Waals surface area contributed by atoms with E-state index >= 15 is 0 Å². The summed E-state index contributed by atoms with van der Waals surface area (Å²) >= 11 is 0. The van der Waals surface area contributed by atoms with Crippen molar-refractivity contribution in [1.82, 2.24) is 0 Å². The zero-order valence-corrected chi connectivity index (χ0v) is 12.0. The van der Waals surface area contributed by atoms with E-state index in [-0.39, 0.29) is 17.6 Å². The van der Waals surface area contributed by atoms with E-state index in [1.807, 2.05) is 21.1 Å². The van der Waals surface area contributed by atoms with E-state index in [0.29, 0.717) is 5.92 Å². The molecule has 0 spiro atoms. The second kappa shape index (κ2) is 6.72. The van der Waals surface area contributed by atoms with Crippen LogP contribution >= 0.6 is 0 Å². The van der Waals surface area contributed by atoms with Crippen LogP contribution in [0.4, 0.5) is 0 Å². The normalized spacial score (nSPS) is 34.2. The van der Waals surface area contributed by atoms with Crippen LogP contribution in [0.25, 0.3) is 0 Å². The average molecular weight is 244 g/mol. The largest absolute Gasteiger partial charge is 0.381 e. The molecule has 3 heteroatoms. The van der Waals surface area contributed by atoms with Gasteiger partial charge in [-0.2, -0.15) is 0 Å². The van der Waals surface area contributed by atoms with Crippen molar-refractivity contribution in [2.45, 2.75) is 52.2 Å². The molecule has 2 atom stereocenters. The Morgan fingerprint density at radius 3 is 2.00 bits per heavy atom. The van der Waals surface area contributed by atoms with Gasteiger partial charge in [-0.05, 0) is 32.1 Å². The minimum absolute atomic E-state index is 0.00222. The van der Waals surface area contributed by atoms with Crippen LogP contribution in [-0.4, -0.2) is 39.6 Å². The van der Waals surface area contributed by atoms with Gasteiger partial charge in [-0.15, -0.1) is 0 Å². The first kappa shape index (κ1) is 14.9. The van der Waals surface area contributed by atoms with E-state index in [1.54, 1.807) is 0 Å². The van der Waals surface area contributed by atoms with Gasteiger partial charge in [0.15, 0.2) is 0 Å². The Balaban J connectivity index is 2.97. The molecule has 3 nitrogen and oxygen atoms in total. The molecule has 0 heterocycles. The Bertz CT molecular complexity index is 204. The molecular formula is C14H28O3. The maximum Gasteiger partial charge on any atom is 0.0677 e. The fourth-order valence-electron chi connectivity index (χ4n) is 3.28. The van der Waals surface area contributed by atoms with Crippen LogP contribution < -0.4 is 0 Å². The number of rotatable bonds is 6. The summed E-state index contributed by atoms with van der Waals surface area (Å²) in [5.74, 6) is 0.490. The molecule has 1 saturated carbocycles. The smallest absolute Gasteiger partial charge is 0.0677 e. The fourth-order valence-corrected chi connectivity index (χ4v) is 3.28. The van der Waals surface area contributed by atoms with Crippen molar-refractivity contribution in [3.63, 3.8) is 0 Å². The molecule has 0 aromatic carbocycles. The van der Waals surface area contributed by atoms with Gasteiger partial charge in [0.25, 0.3) is 0 Å². The highest BCUT2D eigenvalue weighted by molar-refractivity contribution is 4.99. The lowest BCUT2D eigenvalue weighted by atomic mass is 9.63. The van der Waals surface area contributed by atoms with Crippen molar-refractivity contribution in [2.24, 2.45) is 11.3 Å². The van der Waals surface area contributed by atoms with Gasteiger partial charge in [-0.1, -0.05) is 13.8 Å². The minimum atomic E-state index is -0.00222. The van der Waals surface area contributed by atoms with Crippen LogP contribution in [-0.2, 0) is 14.2 Å². The molecule has 102 valence electrons. The number of ether oxygens (including phenoxy) is 3. The lowest BCUT2D eigenvalue weighted by Gasteiger charge is -2.50. The van der Waals surface area contributed by atoms with E-state index in [0.717, 1.165) is 26.1 Å². The summed E-state index contributed by atoms with van der Waals surface area (Å²) in [5, 5.41) is 0. The van der Waals surface area contributed by atoms with Crippen LogP contribution in [0.1, 0.15) is 40.0 Å². The molecule has 1 aliphatic carbocycles. The molecule has 0 bridgehead atoms. The lowest BCUT2D eigenvalue weighted by molar-refractivity contribution is -0.180. The molecular weight excluding hydrogens is 216 g/mol. The van der Waals surface area contributed by atoms with E-state index < -0.39 is 0 Å². The van der Waals surface area contributed by atoms with Gasteiger partial charge in [0.05, 0.1) is 18.8 Å². The third-order valence-corrected chi connectivity index (χ3v) is 4.33. The van der Waals surface area contributed by atoms with Gasteiger partial charge in [-0.25, -0.2) is 0 Å². The van der Waals surface area contributed by atoms with Crippen LogP contribution in [0.5, 0.6) is 0 Å². The van der Waals surface area contributed by atoms with Crippen LogP contribution in [0.3, 0.4) is 0 Å². The van der Waals surface area contributed by atoms with Crippen molar-refractivity contribution >= 4 is 0 Å². The van der Waals surface area contributed by atoms with Gasteiger partial charge in [0.2, 0.25) is 0 Å². The molecule has 0 saturated heterocycles. The van der Waals surface area contributed by atoms with Gasteiger partial charge in [0.1, 0.15) is 0 Å². The fraction of sp³-hybridized carbons (Fsp3) is 1.00. The predicted molar refractivity (Wildman–Crippen MR) is 69.2 cm³/mol. The summed E-state index contributed by atoms with van der Waals surface area (Å²) in [6.45, 7) is 8.03. The molecule has 0 N–H and O–H groups in total. The molecule has 0 aliphatic heterocycles. The second-order valence-corrected chi connectivity index (χ2v) is 5.28. The van der Waals surface area contributed by atoms with Crippen molar-refractivity contribution < 1.29 is 14.2 Å². The zero-order valence-electron chi connectivity index (χ0n) is 12.0. The minimum Gasteiger partial charge on any atom is -0.381 e.